The van der Waals surface area contributed by atoms with Crippen LogP contribution in [0.15, 0.2) is 18.2 Å². The van der Waals surface area contributed by atoms with Crippen LogP contribution in [0, 0.1) is 0 Å². The molecule has 15 heavy (non-hydrogen) atoms. The van der Waals surface area contributed by atoms with E-state index in [9.17, 15) is 4.79 Å². The summed E-state index contributed by atoms with van der Waals surface area (Å²) in [6, 6.07) is 5.38. The van der Waals surface area contributed by atoms with Crippen molar-refractivity contribution in [1.82, 2.24) is 0 Å². The number of benzene rings is 1. The zero-order valence-electron chi connectivity index (χ0n) is 8.87. The maximum absolute atomic E-state index is 10.9. The molecule has 1 rings (SSSR count). The smallest absolute Gasteiger partial charge is 0.152 e. The van der Waals surface area contributed by atoms with E-state index in [2.05, 4.69) is 6.26 Å². The van der Waals surface area contributed by atoms with Crippen LogP contribution in [-0.4, -0.2) is 31.9 Å². The van der Waals surface area contributed by atoms with Gasteiger partial charge in [0.1, 0.15) is 0 Å². The number of hydrogen-bond donors (Lipinski definition) is 0. The Labute approximate surface area is 99.6 Å². The largest absolute Gasteiger partial charge is 0.372 e. The van der Waals surface area contributed by atoms with E-state index in [4.69, 9.17) is 11.6 Å². The van der Waals surface area contributed by atoms with Crippen LogP contribution in [0.5, 0.6) is 0 Å². The third-order valence-electron chi connectivity index (χ3n) is 2.16. The van der Waals surface area contributed by atoms with E-state index in [-0.39, 0.29) is 0 Å². The van der Waals surface area contributed by atoms with Crippen molar-refractivity contribution in [3.05, 3.63) is 28.8 Å². The van der Waals surface area contributed by atoms with Gasteiger partial charge in [-0.25, -0.2) is 0 Å². The highest BCUT2D eigenvalue weighted by atomic mass is 35.5. The minimum absolute atomic E-state index is 0.628. The highest BCUT2D eigenvalue weighted by Crippen LogP contribution is 2.28. The first-order valence-electron chi connectivity index (χ1n) is 4.64. The van der Waals surface area contributed by atoms with Gasteiger partial charge in [-0.3, -0.25) is 4.79 Å². The molecule has 1 aromatic carbocycles. The van der Waals surface area contributed by atoms with Crippen molar-refractivity contribution in [3.63, 3.8) is 0 Å². The lowest BCUT2D eigenvalue weighted by molar-refractivity contribution is 0.112. The lowest BCUT2D eigenvalue weighted by atomic mass is 10.2. The van der Waals surface area contributed by atoms with Crippen molar-refractivity contribution >= 4 is 35.3 Å². The summed E-state index contributed by atoms with van der Waals surface area (Å²) in [7, 11) is 1.95. The van der Waals surface area contributed by atoms with Gasteiger partial charge in [-0.2, -0.15) is 11.8 Å². The van der Waals surface area contributed by atoms with Gasteiger partial charge in [0.25, 0.3) is 0 Å². The first-order chi connectivity index (χ1) is 7.20. The first-order valence-corrected chi connectivity index (χ1v) is 6.41. The van der Waals surface area contributed by atoms with Crippen molar-refractivity contribution < 1.29 is 4.79 Å². The molecule has 0 aromatic heterocycles. The maximum atomic E-state index is 10.9. The van der Waals surface area contributed by atoms with E-state index >= 15 is 0 Å². The van der Waals surface area contributed by atoms with E-state index < -0.39 is 0 Å². The second-order valence-corrected chi connectivity index (χ2v) is 4.60. The van der Waals surface area contributed by atoms with Crippen molar-refractivity contribution in [2.24, 2.45) is 0 Å². The third-order valence-corrected chi connectivity index (χ3v) is 3.05. The van der Waals surface area contributed by atoms with Gasteiger partial charge >= 0.3 is 0 Å². The number of anilines is 1. The average molecular weight is 244 g/mol. The van der Waals surface area contributed by atoms with Crippen molar-refractivity contribution in [3.8, 4) is 0 Å². The Morgan fingerprint density at radius 2 is 2.27 bits per heavy atom. The fraction of sp³-hybridized carbons (Fsp3) is 0.364. The highest BCUT2D eigenvalue weighted by Gasteiger charge is 2.10. The summed E-state index contributed by atoms with van der Waals surface area (Å²) in [5.41, 5.74) is 1.47. The topological polar surface area (TPSA) is 20.3 Å². The number of thioether (sulfide) groups is 1. The maximum Gasteiger partial charge on any atom is 0.152 e. The standard InChI is InChI=1S/C11H14ClNOS/c1-13(6-7-15-2)11-9(8-14)4-3-5-10(11)12/h3-5,8H,6-7H2,1-2H3. The van der Waals surface area contributed by atoms with Crippen LogP contribution < -0.4 is 4.90 Å². The number of aldehydes is 1. The first kappa shape index (κ1) is 12.4. The molecule has 0 atom stereocenters. The monoisotopic (exact) mass is 243 g/mol. The van der Waals surface area contributed by atoms with E-state index in [1.165, 1.54) is 0 Å². The van der Waals surface area contributed by atoms with Crippen LogP contribution >= 0.6 is 23.4 Å². The molecule has 0 fully saturated rings. The molecule has 0 N–H and O–H groups in total. The molecule has 0 amide bonds. The third kappa shape index (κ3) is 3.14. The minimum Gasteiger partial charge on any atom is -0.372 e. The Balaban J connectivity index is 2.95. The second-order valence-electron chi connectivity index (χ2n) is 3.21. The van der Waals surface area contributed by atoms with Crippen LogP contribution in [0.4, 0.5) is 5.69 Å². The van der Waals surface area contributed by atoms with Gasteiger partial charge in [0, 0.05) is 24.9 Å². The Hall–Kier alpha value is -0.670. The van der Waals surface area contributed by atoms with Crippen LogP contribution in [0.1, 0.15) is 10.4 Å². The highest BCUT2D eigenvalue weighted by molar-refractivity contribution is 7.98. The number of carbonyl (C=O) groups is 1. The summed E-state index contributed by atoms with van der Waals surface area (Å²) in [5, 5.41) is 0.628. The number of hydrogen-bond acceptors (Lipinski definition) is 3. The van der Waals surface area contributed by atoms with Crippen molar-refractivity contribution in [2.75, 3.05) is 30.5 Å². The molecule has 0 bridgehead atoms. The summed E-state index contributed by atoms with van der Waals surface area (Å²) in [4.78, 5) is 12.9. The van der Waals surface area contributed by atoms with Gasteiger partial charge < -0.3 is 4.90 Å². The molecule has 0 aliphatic heterocycles. The van der Waals surface area contributed by atoms with Gasteiger partial charge in [0.05, 0.1) is 10.7 Å². The number of nitrogens with zero attached hydrogens (tertiary/aromatic N) is 1. The lowest BCUT2D eigenvalue weighted by Crippen LogP contribution is -2.21. The van der Waals surface area contributed by atoms with Gasteiger partial charge in [-0.15, -0.1) is 0 Å². The second kappa shape index (κ2) is 6.03. The van der Waals surface area contributed by atoms with Crippen LogP contribution in [0.2, 0.25) is 5.02 Å². The van der Waals surface area contributed by atoms with E-state index in [1.807, 2.05) is 11.9 Å². The molecular weight excluding hydrogens is 230 g/mol. The normalized spacial score (nSPS) is 10.1. The zero-order valence-corrected chi connectivity index (χ0v) is 10.4. The summed E-state index contributed by atoms with van der Waals surface area (Å²) >= 11 is 7.85. The Morgan fingerprint density at radius 3 is 2.87 bits per heavy atom. The molecule has 0 aliphatic rings. The number of halogens is 1. The van der Waals surface area contributed by atoms with E-state index in [1.54, 1.807) is 30.0 Å². The molecule has 0 radical (unpaired) electrons. The molecule has 0 spiro atoms. The molecule has 4 heteroatoms. The summed E-state index contributed by atoms with van der Waals surface area (Å²) in [5.74, 6) is 1.01. The quantitative estimate of drug-likeness (QED) is 0.742. The number of rotatable bonds is 5. The number of para-hydroxylation sites is 1. The molecule has 0 saturated heterocycles. The summed E-state index contributed by atoms with van der Waals surface area (Å²) < 4.78 is 0. The van der Waals surface area contributed by atoms with Crippen LogP contribution in [-0.2, 0) is 0 Å². The molecule has 2 nitrogen and oxygen atoms in total. The predicted molar refractivity (Wildman–Crippen MR) is 68.5 cm³/mol. The number of carbonyl (C=O) groups excluding carboxylic acids is 1. The van der Waals surface area contributed by atoms with Crippen LogP contribution in [0.3, 0.4) is 0 Å². The fourth-order valence-electron chi connectivity index (χ4n) is 1.37. The average Bonchev–Trinajstić information content (AvgIpc) is 2.25. The van der Waals surface area contributed by atoms with Gasteiger partial charge in [-0.1, -0.05) is 17.7 Å². The molecule has 0 unspecified atom stereocenters. The Bertz CT molecular complexity index is 343. The summed E-state index contributed by atoms with van der Waals surface area (Å²) in [6.07, 6.45) is 2.90. The Morgan fingerprint density at radius 1 is 1.53 bits per heavy atom. The van der Waals surface area contributed by atoms with Crippen molar-refractivity contribution in [2.45, 2.75) is 0 Å². The molecular formula is C11H14ClNOS. The molecule has 82 valence electrons. The molecule has 0 aliphatic carbocycles. The van der Waals surface area contributed by atoms with Gasteiger partial charge in [-0.05, 0) is 18.4 Å². The SMILES string of the molecule is CSCCN(C)c1c(Cl)cccc1C=O. The fourth-order valence-corrected chi connectivity index (χ4v) is 2.15. The van der Waals surface area contributed by atoms with E-state index in [0.717, 1.165) is 24.3 Å². The zero-order chi connectivity index (χ0) is 11.3. The lowest BCUT2D eigenvalue weighted by Gasteiger charge is -2.21. The Kier molecular flexibility index (Phi) is 4.99. The molecule has 0 heterocycles. The van der Waals surface area contributed by atoms with E-state index in [0.29, 0.717) is 10.6 Å². The predicted octanol–water partition coefficient (Wildman–Crippen LogP) is 2.95. The summed E-state index contributed by atoms with van der Waals surface area (Å²) in [6.45, 7) is 0.881. The van der Waals surface area contributed by atoms with Crippen LogP contribution in [0.25, 0.3) is 0 Å². The van der Waals surface area contributed by atoms with Gasteiger partial charge in [0.15, 0.2) is 6.29 Å². The van der Waals surface area contributed by atoms with Gasteiger partial charge in [0.2, 0.25) is 0 Å². The van der Waals surface area contributed by atoms with Crippen molar-refractivity contribution in [1.29, 1.82) is 0 Å². The molecule has 1 aromatic rings. The minimum atomic E-state index is 0.628. The molecule has 0 saturated carbocycles.